The molecule has 116 valence electrons. The summed E-state index contributed by atoms with van der Waals surface area (Å²) in [4.78, 5) is 3.70. The highest BCUT2D eigenvalue weighted by atomic mass is 79.9. The van der Waals surface area contributed by atoms with E-state index < -0.39 is 0 Å². The second kappa shape index (κ2) is 9.27. The maximum atomic E-state index is 6.22. The first-order chi connectivity index (χ1) is 8.34. The van der Waals surface area contributed by atoms with Crippen LogP contribution in [0.25, 0.3) is 0 Å². The quantitative estimate of drug-likeness (QED) is 0.756. The number of piperidine rings is 1. The summed E-state index contributed by atoms with van der Waals surface area (Å²) in [6.45, 7) is 3.41. The molecule has 0 aliphatic carbocycles. The Morgan fingerprint density at radius 3 is 2.55 bits per heavy atom. The minimum atomic E-state index is 0. The van der Waals surface area contributed by atoms with E-state index in [1.54, 1.807) is 11.8 Å². The highest BCUT2D eigenvalue weighted by Crippen LogP contribution is 2.41. The number of hydrogen-bond donors (Lipinski definition) is 2. The molecule has 0 amide bonds. The maximum Gasteiger partial charge on any atom is 0.130 e. The van der Waals surface area contributed by atoms with Crippen molar-refractivity contribution in [2.24, 2.45) is 11.7 Å². The fourth-order valence-corrected chi connectivity index (χ4v) is 3.72. The molecule has 1 fully saturated rings. The van der Waals surface area contributed by atoms with Crippen LogP contribution < -0.4 is 16.0 Å². The summed E-state index contributed by atoms with van der Waals surface area (Å²) in [7, 11) is 0. The van der Waals surface area contributed by atoms with Gasteiger partial charge in [-0.25, -0.2) is 0 Å². The second-order valence-electron chi connectivity index (χ2n) is 4.82. The van der Waals surface area contributed by atoms with Crippen molar-refractivity contribution in [2.75, 3.05) is 24.5 Å². The van der Waals surface area contributed by atoms with E-state index in [9.17, 15) is 0 Å². The van der Waals surface area contributed by atoms with Crippen LogP contribution in [0.3, 0.4) is 0 Å². The van der Waals surface area contributed by atoms with Gasteiger partial charge in [0.2, 0.25) is 0 Å². The van der Waals surface area contributed by atoms with Crippen molar-refractivity contribution in [3.8, 4) is 0 Å². The molecule has 0 bridgehead atoms. The SMILES string of the molecule is Br.Br.NC1Sc2ccccc2N1CC1CCNCC1.O. The molecule has 0 aromatic heterocycles. The molecule has 4 nitrogen and oxygen atoms in total. The van der Waals surface area contributed by atoms with E-state index in [-0.39, 0.29) is 44.9 Å². The molecule has 1 aromatic rings. The van der Waals surface area contributed by atoms with Crippen molar-refractivity contribution in [2.45, 2.75) is 23.2 Å². The number of hydrogen-bond acceptors (Lipinski definition) is 4. The molecule has 5 N–H and O–H groups in total. The van der Waals surface area contributed by atoms with Crippen molar-refractivity contribution < 1.29 is 5.48 Å². The van der Waals surface area contributed by atoms with Gasteiger partial charge >= 0.3 is 0 Å². The highest BCUT2D eigenvalue weighted by Gasteiger charge is 2.29. The van der Waals surface area contributed by atoms with Gasteiger partial charge in [-0.15, -0.1) is 34.0 Å². The summed E-state index contributed by atoms with van der Waals surface area (Å²) in [5, 5.41) is 3.42. The lowest BCUT2D eigenvalue weighted by Gasteiger charge is -2.31. The minimum absolute atomic E-state index is 0. The summed E-state index contributed by atoms with van der Waals surface area (Å²) >= 11 is 1.78. The van der Waals surface area contributed by atoms with Gasteiger partial charge in [0.15, 0.2) is 0 Å². The van der Waals surface area contributed by atoms with Gasteiger partial charge in [0.05, 0.1) is 5.69 Å². The second-order valence-corrected chi connectivity index (χ2v) is 5.98. The molecule has 3 rings (SSSR count). The lowest BCUT2D eigenvalue weighted by Crippen LogP contribution is -2.42. The number of nitrogens with two attached hydrogens (primary N) is 1. The van der Waals surface area contributed by atoms with Crippen LogP contribution >= 0.6 is 45.7 Å². The van der Waals surface area contributed by atoms with Crippen molar-refractivity contribution in [1.82, 2.24) is 5.32 Å². The smallest absolute Gasteiger partial charge is 0.130 e. The van der Waals surface area contributed by atoms with E-state index in [4.69, 9.17) is 5.73 Å². The maximum absolute atomic E-state index is 6.22. The average Bonchev–Trinajstić information content (AvgIpc) is 2.68. The average molecular weight is 429 g/mol. The Kier molecular flexibility index (Phi) is 9.37. The molecular formula is C13H23Br2N3OS. The van der Waals surface area contributed by atoms with E-state index in [1.807, 2.05) is 0 Å². The monoisotopic (exact) mass is 427 g/mol. The highest BCUT2D eigenvalue weighted by molar-refractivity contribution is 8.93. The largest absolute Gasteiger partial charge is 0.412 e. The summed E-state index contributed by atoms with van der Waals surface area (Å²) in [6, 6.07) is 8.55. The third kappa shape index (κ3) is 4.35. The lowest BCUT2D eigenvalue weighted by atomic mass is 9.97. The number of thioether (sulfide) groups is 1. The van der Waals surface area contributed by atoms with E-state index in [1.165, 1.54) is 23.4 Å². The molecule has 1 unspecified atom stereocenters. The zero-order chi connectivity index (χ0) is 11.7. The van der Waals surface area contributed by atoms with E-state index in [0.29, 0.717) is 0 Å². The number of para-hydroxylation sites is 1. The number of anilines is 1. The Morgan fingerprint density at radius 1 is 1.20 bits per heavy atom. The zero-order valence-corrected chi connectivity index (χ0v) is 15.5. The molecule has 2 aliphatic heterocycles. The van der Waals surface area contributed by atoms with Crippen molar-refractivity contribution in [1.29, 1.82) is 0 Å². The Bertz CT molecular complexity index is 405. The molecule has 2 aliphatic rings. The molecule has 0 spiro atoms. The molecule has 0 radical (unpaired) electrons. The van der Waals surface area contributed by atoms with Gasteiger partial charge in [-0.05, 0) is 44.0 Å². The van der Waals surface area contributed by atoms with E-state index in [0.717, 1.165) is 25.6 Å². The predicted molar refractivity (Wildman–Crippen MR) is 97.5 cm³/mol. The van der Waals surface area contributed by atoms with Crippen LogP contribution in [0.1, 0.15) is 12.8 Å². The minimum Gasteiger partial charge on any atom is -0.412 e. The first-order valence-electron chi connectivity index (χ1n) is 6.33. The first kappa shape index (κ1) is 20.2. The van der Waals surface area contributed by atoms with Gasteiger partial charge in [0, 0.05) is 11.4 Å². The van der Waals surface area contributed by atoms with Gasteiger partial charge in [-0.3, -0.25) is 0 Å². The van der Waals surface area contributed by atoms with Crippen molar-refractivity contribution in [3.63, 3.8) is 0 Å². The Balaban J connectivity index is 0.00000120. The third-order valence-corrected chi connectivity index (χ3v) is 4.74. The van der Waals surface area contributed by atoms with Crippen LogP contribution in [0.15, 0.2) is 29.2 Å². The van der Waals surface area contributed by atoms with Gasteiger partial charge in [-0.2, -0.15) is 0 Å². The van der Waals surface area contributed by atoms with Crippen LogP contribution in [0.4, 0.5) is 5.69 Å². The van der Waals surface area contributed by atoms with Crippen molar-refractivity contribution >= 4 is 51.4 Å². The van der Waals surface area contributed by atoms with Crippen LogP contribution in [-0.2, 0) is 0 Å². The van der Waals surface area contributed by atoms with Gasteiger partial charge in [-0.1, -0.05) is 23.9 Å². The molecule has 0 saturated carbocycles. The van der Waals surface area contributed by atoms with Crippen LogP contribution in [0, 0.1) is 5.92 Å². The zero-order valence-electron chi connectivity index (χ0n) is 11.2. The van der Waals surface area contributed by atoms with Gasteiger partial charge in [0.1, 0.15) is 5.50 Å². The van der Waals surface area contributed by atoms with Gasteiger partial charge < -0.3 is 21.4 Å². The fraction of sp³-hybridized carbons (Fsp3) is 0.538. The first-order valence-corrected chi connectivity index (χ1v) is 7.21. The molecule has 7 heteroatoms. The Hall–Kier alpha value is 0.210. The summed E-state index contributed by atoms with van der Waals surface area (Å²) < 4.78 is 0. The number of halogens is 2. The number of rotatable bonds is 2. The molecule has 20 heavy (non-hydrogen) atoms. The fourth-order valence-electron chi connectivity index (χ4n) is 2.67. The van der Waals surface area contributed by atoms with E-state index in [2.05, 4.69) is 34.5 Å². The predicted octanol–water partition coefficient (Wildman–Crippen LogP) is 2.17. The number of nitrogens with one attached hydrogen (secondary N) is 1. The Labute approximate surface area is 145 Å². The van der Waals surface area contributed by atoms with Crippen LogP contribution in [0.2, 0.25) is 0 Å². The standard InChI is InChI=1S/C13H19N3S.2BrH.H2O/c14-13-16(9-10-5-7-15-8-6-10)11-3-1-2-4-12(11)17-13;;;/h1-4,10,13,15H,5-9,14H2;2*1H;1H2. The third-order valence-electron chi connectivity index (χ3n) is 3.64. The van der Waals surface area contributed by atoms with E-state index >= 15 is 0 Å². The molecular weight excluding hydrogens is 406 g/mol. The topological polar surface area (TPSA) is 72.8 Å². The molecule has 1 saturated heterocycles. The summed E-state index contributed by atoms with van der Waals surface area (Å²) in [5.74, 6) is 0.786. The lowest BCUT2D eigenvalue weighted by molar-refractivity contribution is 0.372. The Morgan fingerprint density at radius 2 is 1.85 bits per heavy atom. The molecule has 1 atom stereocenters. The van der Waals surface area contributed by atoms with Crippen molar-refractivity contribution in [3.05, 3.63) is 24.3 Å². The number of benzene rings is 1. The summed E-state index contributed by atoms with van der Waals surface area (Å²) in [6.07, 6.45) is 2.55. The molecule has 2 heterocycles. The number of nitrogens with zero attached hydrogens (tertiary/aromatic N) is 1. The normalized spacial score (nSPS) is 21.2. The molecule has 1 aromatic carbocycles. The number of fused-ring (bicyclic) bond motifs is 1. The van der Waals surface area contributed by atoms with Crippen LogP contribution in [-0.4, -0.2) is 30.6 Å². The van der Waals surface area contributed by atoms with Crippen LogP contribution in [0.5, 0.6) is 0 Å². The summed E-state index contributed by atoms with van der Waals surface area (Å²) in [5.41, 5.74) is 7.64. The van der Waals surface area contributed by atoms with Gasteiger partial charge in [0.25, 0.3) is 0 Å².